The molecule has 0 spiro atoms. The van der Waals surface area contributed by atoms with E-state index in [9.17, 15) is 9.59 Å². The number of hydrogen-bond acceptors (Lipinski definition) is 4. The van der Waals surface area contributed by atoms with E-state index >= 15 is 0 Å². The van der Waals surface area contributed by atoms with Crippen LogP contribution in [0.2, 0.25) is 0 Å². The lowest BCUT2D eigenvalue weighted by Gasteiger charge is -2.34. The van der Waals surface area contributed by atoms with Crippen molar-refractivity contribution in [2.24, 2.45) is 11.8 Å². The van der Waals surface area contributed by atoms with Crippen molar-refractivity contribution in [2.45, 2.75) is 44.3 Å². The second kappa shape index (κ2) is 7.81. The molecule has 0 radical (unpaired) electrons. The monoisotopic (exact) mass is 307 g/mol. The molecule has 1 saturated heterocycles. The normalized spacial score (nSPS) is 31.3. The van der Waals surface area contributed by atoms with Gasteiger partial charge in [0.2, 0.25) is 0 Å². The molecule has 2 rings (SSSR count). The molecule has 1 aliphatic heterocycles. The van der Waals surface area contributed by atoms with Gasteiger partial charge in [0.15, 0.2) is 0 Å². The van der Waals surface area contributed by atoms with Gasteiger partial charge < -0.3 is 20.3 Å². The number of aliphatic carboxylic acids is 2. The van der Waals surface area contributed by atoms with Gasteiger partial charge in [-0.3, -0.25) is 9.59 Å². The highest BCUT2D eigenvalue weighted by molar-refractivity contribution is 5.85. The van der Waals surface area contributed by atoms with Crippen molar-refractivity contribution in [1.29, 1.82) is 0 Å². The first-order valence-electron chi connectivity index (χ1n) is 6.89. The number of rotatable bonds is 4. The minimum Gasteiger partial charge on any atom is -0.481 e. The van der Waals surface area contributed by atoms with Crippen LogP contribution in [0, 0.1) is 11.8 Å². The Morgan fingerprint density at radius 3 is 2.05 bits per heavy atom. The molecular weight excluding hydrogens is 286 g/mol. The van der Waals surface area contributed by atoms with Gasteiger partial charge in [0, 0.05) is 0 Å². The van der Waals surface area contributed by atoms with Crippen molar-refractivity contribution in [3.05, 3.63) is 0 Å². The van der Waals surface area contributed by atoms with Crippen molar-refractivity contribution in [1.82, 2.24) is 5.32 Å². The Balaban J connectivity index is 0.00000200. The summed E-state index contributed by atoms with van der Waals surface area (Å²) in [7, 11) is 0. The van der Waals surface area contributed by atoms with E-state index in [0.717, 1.165) is 25.9 Å². The zero-order valence-corrected chi connectivity index (χ0v) is 12.1. The molecule has 1 saturated carbocycles. The van der Waals surface area contributed by atoms with Crippen LogP contribution in [0.25, 0.3) is 0 Å². The van der Waals surface area contributed by atoms with Crippen molar-refractivity contribution >= 4 is 24.3 Å². The fourth-order valence-electron chi connectivity index (χ4n) is 3.03. The Labute approximate surface area is 124 Å². The average Bonchev–Trinajstić information content (AvgIpc) is 2.39. The molecule has 0 aromatic heterocycles. The van der Waals surface area contributed by atoms with Gasteiger partial charge in [-0.05, 0) is 45.2 Å². The largest absolute Gasteiger partial charge is 0.481 e. The molecular formula is C13H22ClNO5. The van der Waals surface area contributed by atoms with Crippen LogP contribution in [0.15, 0.2) is 0 Å². The molecule has 1 heterocycles. The first kappa shape index (κ1) is 17.2. The first-order valence-corrected chi connectivity index (χ1v) is 6.89. The van der Waals surface area contributed by atoms with Crippen LogP contribution in [0.3, 0.4) is 0 Å². The summed E-state index contributed by atoms with van der Waals surface area (Å²) in [4.78, 5) is 22.2. The molecule has 2 fully saturated rings. The number of nitrogens with one attached hydrogen (secondary N) is 1. The summed E-state index contributed by atoms with van der Waals surface area (Å²) in [6.07, 6.45) is 3.30. The average molecular weight is 308 g/mol. The quantitative estimate of drug-likeness (QED) is 0.720. The van der Waals surface area contributed by atoms with Crippen LogP contribution >= 0.6 is 12.4 Å². The molecule has 1 aliphatic carbocycles. The maximum Gasteiger partial charge on any atom is 0.307 e. The predicted molar refractivity (Wildman–Crippen MR) is 74.1 cm³/mol. The fourth-order valence-corrected chi connectivity index (χ4v) is 3.03. The summed E-state index contributed by atoms with van der Waals surface area (Å²) in [5, 5.41) is 21.5. The van der Waals surface area contributed by atoms with Gasteiger partial charge in [0.25, 0.3) is 0 Å². The Kier molecular flexibility index (Phi) is 6.71. The van der Waals surface area contributed by atoms with E-state index < -0.39 is 23.8 Å². The van der Waals surface area contributed by atoms with E-state index in [4.69, 9.17) is 14.9 Å². The molecule has 0 aromatic carbocycles. The number of piperidine rings is 1. The van der Waals surface area contributed by atoms with Crippen molar-refractivity contribution in [2.75, 3.05) is 13.1 Å². The topological polar surface area (TPSA) is 95.9 Å². The summed E-state index contributed by atoms with van der Waals surface area (Å²) < 4.78 is 5.94. The highest BCUT2D eigenvalue weighted by Gasteiger charge is 2.40. The second-order valence-corrected chi connectivity index (χ2v) is 5.41. The lowest BCUT2D eigenvalue weighted by molar-refractivity contribution is -0.160. The molecule has 7 heteroatoms. The molecule has 116 valence electrons. The van der Waals surface area contributed by atoms with Gasteiger partial charge in [-0.15, -0.1) is 12.4 Å². The molecule has 6 nitrogen and oxygen atoms in total. The molecule has 0 unspecified atom stereocenters. The number of carbonyl (C=O) groups is 2. The Morgan fingerprint density at radius 2 is 1.50 bits per heavy atom. The van der Waals surface area contributed by atoms with E-state index in [2.05, 4.69) is 5.32 Å². The number of carboxylic acid groups (broad SMARTS) is 2. The van der Waals surface area contributed by atoms with Crippen molar-refractivity contribution < 1.29 is 24.5 Å². The zero-order valence-electron chi connectivity index (χ0n) is 11.3. The van der Waals surface area contributed by atoms with Gasteiger partial charge in [0.05, 0.1) is 24.0 Å². The molecule has 0 amide bonds. The van der Waals surface area contributed by atoms with Crippen LogP contribution in [0.5, 0.6) is 0 Å². The Hall–Kier alpha value is -0.850. The zero-order chi connectivity index (χ0) is 13.8. The van der Waals surface area contributed by atoms with Gasteiger partial charge in [-0.2, -0.15) is 0 Å². The molecule has 2 aliphatic rings. The van der Waals surface area contributed by atoms with Gasteiger partial charge in [-0.1, -0.05) is 0 Å². The lowest BCUT2D eigenvalue weighted by Crippen LogP contribution is -2.41. The van der Waals surface area contributed by atoms with E-state index in [1.54, 1.807) is 0 Å². The lowest BCUT2D eigenvalue weighted by atomic mass is 9.78. The summed E-state index contributed by atoms with van der Waals surface area (Å²) in [5.41, 5.74) is 0. The molecule has 0 bridgehead atoms. The Morgan fingerprint density at radius 1 is 0.900 bits per heavy atom. The summed E-state index contributed by atoms with van der Waals surface area (Å²) >= 11 is 0. The third-order valence-electron chi connectivity index (χ3n) is 4.11. The smallest absolute Gasteiger partial charge is 0.307 e. The molecule has 3 atom stereocenters. The van der Waals surface area contributed by atoms with Crippen molar-refractivity contribution in [3.63, 3.8) is 0 Å². The van der Waals surface area contributed by atoms with Crippen LogP contribution in [0.1, 0.15) is 32.1 Å². The SMILES string of the molecule is Cl.O=C(O)[C@H]1CC[C@@H](OC2CCNCC2)C[C@@H]1C(=O)O. The third kappa shape index (κ3) is 4.33. The van der Waals surface area contributed by atoms with E-state index in [1.165, 1.54) is 0 Å². The molecule has 20 heavy (non-hydrogen) atoms. The molecule has 0 aromatic rings. The van der Waals surface area contributed by atoms with E-state index in [0.29, 0.717) is 19.3 Å². The number of ether oxygens (including phenoxy) is 1. The Bertz CT molecular complexity index is 346. The maximum atomic E-state index is 11.2. The highest BCUT2D eigenvalue weighted by Crippen LogP contribution is 2.33. The maximum absolute atomic E-state index is 11.2. The minimum atomic E-state index is -1.02. The summed E-state index contributed by atoms with van der Waals surface area (Å²) in [5.74, 6) is -3.62. The second-order valence-electron chi connectivity index (χ2n) is 5.41. The van der Waals surface area contributed by atoms with Gasteiger partial charge in [0.1, 0.15) is 0 Å². The molecule has 3 N–H and O–H groups in total. The number of hydrogen-bond donors (Lipinski definition) is 3. The highest BCUT2D eigenvalue weighted by atomic mass is 35.5. The van der Waals surface area contributed by atoms with Gasteiger partial charge in [-0.25, -0.2) is 0 Å². The van der Waals surface area contributed by atoms with E-state index in [-0.39, 0.29) is 24.6 Å². The first-order chi connectivity index (χ1) is 9.08. The summed E-state index contributed by atoms with van der Waals surface area (Å²) in [6, 6.07) is 0. The van der Waals surface area contributed by atoms with Crippen LogP contribution in [-0.4, -0.2) is 47.4 Å². The van der Waals surface area contributed by atoms with E-state index in [1.807, 2.05) is 0 Å². The summed E-state index contributed by atoms with van der Waals surface area (Å²) in [6.45, 7) is 1.86. The predicted octanol–water partition coefficient (Wildman–Crippen LogP) is 1.13. The van der Waals surface area contributed by atoms with Crippen LogP contribution in [-0.2, 0) is 14.3 Å². The van der Waals surface area contributed by atoms with Crippen LogP contribution < -0.4 is 5.32 Å². The fraction of sp³-hybridized carbons (Fsp3) is 0.846. The minimum absolute atomic E-state index is 0. The van der Waals surface area contributed by atoms with Crippen molar-refractivity contribution in [3.8, 4) is 0 Å². The van der Waals surface area contributed by atoms with Gasteiger partial charge >= 0.3 is 11.9 Å². The third-order valence-corrected chi connectivity index (χ3v) is 4.11. The number of halogens is 1. The standard InChI is InChI=1S/C13H21NO5.ClH/c15-12(16)10-2-1-9(7-11(10)13(17)18)19-8-3-5-14-6-4-8;/h8-11,14H,1-7H2,(H,15,16)(H,17,18);1H/t9-,10+,11+;/m1./s1. The van der Waals surface area contributed by atoms with Crippen LogP contribution in [0.4, 0.5) is 0 Å². The number of carboxylic acids is 2.